The normalized spacial score (nSPS) is 15.4. The van der Waals surface area contributed by atoms with Crippen LogP contribution in [0.2, 0.25) is 10.0 Å². The Morgan fingerprint density at radius 2 is 2.00 bits per heavy atom. The summed E-state index contributed by atoms with van der Waals surface area (Å²) in [7, 11) is -2.17. The Kier molecular flexibility index (Phi) is 5.88. The van der Waals surface area contributed by atoms with Crippen molar-refractivity contribution in [2.24, 2.45) is 0 Å². The second-order valence-corrected chi connectivity index (χ2v) is 7.47. The van der Waals surface area contributed by atoms with E-state index in [1.165, 1.54) is 19.2 Å². The van der Waals surface area contributed by atoms with Gasteiger partial charge in [0.2, 0.25) is 10.0 Å². The summed E-state index contributed by atoms with van der Waals surface area (Å²) < 4.78 is 31.7. The van der Waals surface area contributed by atoms with Crippen molar-refractivity contribution < 1.29 is 13.2 Å². The van der Waals surface area contributed by atoms with Gasteiger partial charge in [0, 0.05) is 31.3 Å². The van der Waals surface area contributed by atoms with Gasteiger partial charge in [0.05, 0.1) is 11.6 Å². The van der Waals surface area contributed by atoms with E-state index in [0.717, 1.165) is 18.4 Å². The van der Waals surface area contributed by atoms with E-state index < -0.39 is 10.0 Å². The molecule has 1 fully saturated rings. The van der Waals surface area contributed by atoms with Gasteiger partial charge in [-0.25, -0.2) is 13.1 Å². The van der Waals surface area contributed by atoms with E-state index in [-0.39, 0.29) is 16.5 Å². The van der Waals surface area contributed by atoms with Crippen LogP contribution in [-0.4, -0.2) is 34.7 Å². The Balaban J connectivity index is 2.18. The molecule has 2 N–H and O–H groups in total. The fourth-order valence-corrected chi connectivity index (χ4v) is 3.69. The molecular weight excluding hydrogens is 335 g/mol. The highest BCUT2D eigenvalue weighted by Crippen LogP contribution is 2.29. The summed E-state index contributed by atoms with van der Waals surface area (Å²) in [4.78, 5) is 0.0391. The second kappa shape index (κ2) is 7.26. The Labute approximate surface area is 135 Å². The van der Waals surface area contributed by atoms with Crippen LogP contribution in [0.15, 0.2) is 17.0 Å². The molecule has 0 amide bonds. The molecule has 0 radical (unpaired) electrons. The Morgan fingerprint density at radius 3 is 2.62 bits per heavy atom. The zero-order valence-electron chi connectivity index (χ0n) is 11.7. The molecule has 1 saturated carbocycles. The van der Waals surface area contributed by atoms with E-state index in [2.05, 4.69) is 10.0 Å². The number of hydrogen-bond acceptors (Lipinski definition) is 4. The third-order valence-electron chi connectivity index (χ3n) is 3.15. The van der Waals surface area contributed by atoms with Gasteiger partial charge in [-0.2, -0.15) is 0 Å². The lowest BCUT2D eigenvalue weighted by atomic mass is 10.2. The molecule has 1 aromatic carbocycles. The largest absolute Gasteiger partial charge is 0.383 e. The molecule has 0 atom stereocenters. The van der Waals surface area contributed by atoms with Crippen LogP contribution in [0.1, 0.15) is 18.4 Å². The highest BCUT2D eigenvalue weighted by Gasteiger charge is 2.23. The van der Waals surface area contributed by atoms with Crippen molar-refractivity contribution in [2.75, 3.05) is 20.3 Å². The molecule has 1 aliphatic carbocycles. The minimum atomic E-state index is -3.67. The van der Waals surface area contributed by atoms with Crippen molar-refractivity contribution in [2.45, 2.75) is 30.3 Å². The number of methoxy groups -OCH3 is 1. The average molecular weight is 353 g/mol. The maximum absolute atomic E-state index is 12.2. The van der Waals surface area contributed by atoms with E-state index in [1.807, 2.05) is 0 Å². The van der Waals surface area contributed by atoms with Gasteiger partial charge in [0.15, 0.2) is 0 Å². The molecule has 1 aliphatic rings. The van der Waals surface area contributed by atoms with Crippen molar-refractivity contribution in [3.63, 3.8) is 0 Å². The summed E-state index contributed by atoms with van der Waals surface area (Å²) in [6.45, 7) is 1.01. The van der Waals surface area contributed by atoms with Crippen LogP contribution in [0.3, 0.4) is 0 Å². The fourth-order valence-electron chi connectivity index (χ4n) is 1.81. The van der Waals surface area contributed by atoms with Gasteiger partial charge in [-0.05, 0) is 30.5 Å². The third-order valence-corrected chi connectivity index (χ3v) is 5.42. The third kappa shape index (κ3) is 4.81. The van der Waals surface area contributed by atoms with Crippen LogP contribution < -0.4 is 10.0 Å². The predicted octanol–water partition coefficient (Wildman–Crippen LogP) is 2.17. The fraction of sp³-hybridized carbons (Fsp3) is 0.538. The molecule has 0 heterocycles. The first-order valence-corrected chi connectivity index (χ1v) is 8.88. The molecule has 0 aromatic heterocycles. The van der Waals surface area contributed by atoms with E-state index >= 15 is 0 Å². The second-order valence-electron chi connectivity index (χ2n) is 4.92. The van der Waals surface area contributed by atoms with E-state index in [9.17, 15) is 8.42 Å². The van der Waals surface area contributed by atoms with Crippen LogP contribution in [0.4, 0.5) is 0 Å². The standard InChI is InChI=1S/C13H18Cl2N2O3S/c1-20-5-4-17-21(18,19)13-6-9(8-16-10-2-3-10)11(14)7-12(13)15/h6-7,10,16-17H,2-5,8H2,1H3. The monoisotopic (exact) mass is 352 g/mol. The SMILES string of the molecule is COCCNS(=O)(=O)c1cc(CNC2CC2)c(Cl)cc1Cl. The maximum atomic E-state index is 12.2. The van der Waals surface area contributed by atoms with Crippen LogP contribution in [0.5, 0.6) is 0 Å². The van der Waals surface area contributed by atoms with Gasteiger partial charge in [0.25, 0.3) is 0 Å². The maximum Gasteiger partial charge on any atom is 0.242 e. The lowest BCUT2D eigenvalue weighted by Gasteiger charge is -2.12. The van der Waals surface area contributed by atoms with Crippen molar-refractivity contribution in [3.05, 3.63) is 27.7 Å². The first kappa shape index (κ1) is 17.0. The van der Waals surface area contributed by atoms with Gasteiger partial charge < -0.3 is 10.1 Å². The van der Waals surface area contributed by atoms with Crippen molar-refractivity contribution in [3.8, 4) is 0 Å². The first-order chi connectivity index (χ1) is 9.94. The number of rotatable bonds is 8. The van der Waals surface area contributed by atoms with Crippen molar-refractivity contribution in [1.82, 2.24) is 10.0 Å². The molecule has 0 unspecified atom stereocenters. The average Bonchev–Trinajstić information content (AvgIpc) is 3.21. The Bertz CT molecular complexity index is 604. The van der Waals surface area contributed by atoms with Crippen LogP contribution >= 0.6 is 23.2 Å². The highest BCUT2D eigenvalue weighted by atomic mass is 35.5. The quantitative estimate of drug-likeness (QED) is 0.703. The molecule has 0 aliphatic heterocycles. The Morgan fingerprint density at radius 1 is 1.29 bits per heavy atom. The van der Waals surface area contributed by atoms with Gasteiger partial charge in [-0.3, -0.25) is 0 Å². The molecule has 1 aromatic rings. The summed E-state index contributed by atoms with van der Waals surface area (Å²) in [6.07, 6.45) is 2.30. The number of ether oxygens (including phenoxy) is 1. The number of benzene rings is 1. The first-order valence-electron chi connectivity index (χ1n) is 6.64. The summed E-state index contributed by atoms with van der Waals surface area (Å²) in [5.41, 5.74) is 0.722. The number of halogens is 2. The smallest absolute Gasteiger partial charge is 0.242 e. The molecule has 118 valence electrons. The van der Waals surface area contributed by atoms with Gasteiger partial charge in [-0.15, -0.1) is 0 Å². The molecule has 8 heteroatoms. The predicted molar refractivity (Wildman–Crippen MR) is 83.4 cm³/mol. The van der Waals surface area contributed by atoms with E-state index in [1.54, 1.807) is 0 Å². The van der Waals surface area contributed by atoms with Crippen LogP contribution in [0, 0.1) is 0 Å². The van der Waals surface area contributed by atoms with Crippen molar-refractivity contribution >= 4 is 33.2 Å². The van der Waals surface area contributed by atoms with Crippen LogP contribution in [0.25, 0.3) is 0 Å². The van der Waals surface area contributed by atoms with Gasteiger partial charge in [0.1, 0.15) is 4.90 Å². The molecule has 0 spiro atoms. The van der Waals surface area contributed by atoms with Gasteiger partial charge >= 0.3 is 0 Å². The Hall–Kier alpha value is -0.370. The minimum Gasteiger partial charge on any atom is -0.383 e. The molecule has 0 saturated heterocycles. The molecule has 2 rings (SSSR count). The summed E-state index contributed by atoms with van der Waals surface area (Å²) >= 11 is 12.1. The lowest BCUT2D eigenvalue weighted by Crippen LogP contribution is -2.27. The molecule has 21 heavy (non-hydrogen) atoms. The van der Waals surface area contributed by atoms with Crippen LogP contribution in [-0.2, 0) is 21.3 Å². The summed E-state index contributed by atoms with van der Waals surface area (Å²) in [5.74, 6) is 0. The van der Waals surface area contributed by atoms with E-state index in [4.69, 9.17) is 27.9 Å². The molecule has 0 bridgehead atoms. The molecule has 5 nitrogen and oxygen atoms in total. The zero-order valence-corrected chi connectivity index (χ0v) is 14.0. The minimum absolute atomic E-state index is 0.0391. The number of nitrogens with one attached hydrogen (secondary N) is 2. The lowest BCUT2D eigenvalue weighted by molar-refractivity contribution is 0.204. The van der Waals surface area contributed by atoms with E-state index in [0.29, 0.717) is 24.2 Å². The highest BCUT2D eigenvalue weighted by molar-refractivity contribution is 7.89. The van der Waals surface area contributed by atoms with Crippen molar-refractivity contribution in [1.29, 1.82) is 0 Å². The zero-order chi connectivity index (χ0) is 15.5. The van der Waals surface area contributed by atoms with Gasteiger partial charge in [-0.1, -0.05) is 23.2 Å². The topological polar surface area (TPSA) is 67.4 Å². The summed E-state index contributed by atoms with van der Waals surface area (Å²) in [5, 5.41) is 3.87. The molecular formula is C13H18Cl2N2O3S. The summed E-state index contributed by atoms with van der Waals surface area (Å²) in [6, 6.07) is 3.50. The number of hydrogen-bond donors (Lipinski definition) is 2. The number of sulfonamides is 1.